The number of para-hydroxylation sites is 1. The van der Waals surface area contributed by atoms with Crippen molar-refractivity contribution in [1.82, 2.24) is 0 Å². The van der Waals surface area contributed by atoms with Gasteiger partial charge in [-0.2, -0.15) is 0 Å². The van der Waals surface area contributed by atoms with Crippen LogP contribution in [0, 0.1) is 27.2 Å². The quantitative estimate of drug-likeness (QED) is 0.544. The van der Waals surface area contributed by atoms with Gasteiger partial charge in [0.2, 0.25) is 0 Å². The van der Waals surface area contributed by atoms with Gasteiger partial charge in [0, 0.05) is 11.6 Å². The van der Waals surface area contributed by atoms with Crippen molar-refractivity contribution in [2.24, 2.45) is 0 Å². The normalized spacial score (nSPS) is 9.79. The molecule has 0 atom stereocenters. The maximum Gasteiger partial charge on any atom is 0.349 e. The molecule has 6 nitrogen and oxygen atoms in total. The number of rotatable bonds is 3. The van der Waals surface area contributed by atoms with Crippen molar-refractivity contribution >= 4 is 11.4 Å². The predicted octanol–water partition coefficient (Wildman–Crippen LogP) is 1.88. The molecule has 0 N–H and O–H groups in total. The van der Waals surface area contributed by atoms with Crippen LogP contribution < -0.4 is 0 Å². The number of nitro groups is 2. The number of nitrogens with zero attached hydrogens (tertiary/aromatic N) is 2. The summed E-state index contributed by atoms with van der Waals surface area (Å²) in [6.45, 7) is 3.47. The Morgan fingerprint density at radius 3 is 2.29 bits per heavy atom. The predicted molar refractivity (Wildman–Crippen MR) is 48.8 cm³/mol. The first-order valence-electron chi connectivity index (χ1n) is 3.78. The van der Waals surface area contributed by atoms with Crippen LogP contribution in [-0.2, 0) is 6.42 Å². The lowest BCUT2D eigenvalue weighted by Crippen LogP contribution is -2.00. The molecule has 0 aliphatic carbocycles. The van der Waals surface area contributed by atoms with Crippen LogP contribution >= 0.6 is 0 Å². The second kappa shape index (κ2) is 3.82. The van der Waals surface area contributed by atoms with Crippen molar-refractivity contribution in [3.8, 4) is 0 Å². The van der Waals surface area contributed by atoms with E-state index in [1.165, 1.54) is 12.1 Å². The van der Waals surface area contributed by atoms with Crippen LogP contribution in [0.15, 0.2) is 18.2 Å². The topological polar surface area (TPSA) is 86.3 Å². The fraction of sp³-hybridized carbons (Fsp3) is 0.125. The van der Waals surface area contributed by atoms with E-state index >= 15 is 0 Å². The first-order valence-corrected chi connectivity index (χ1v) is 3.78. The summed E-state index contributed by atoms with van der Waals surface area (Å²) in [6, 6.07) is 3.97. The van der Waals surface area contributed by atoms with Crippen LogP contribution in [0.2, 0.25) is 0 Å². The molecule has 0 fully saturated rings. The highest BCUT2D eigenvalue weighted by Crippen LogP contribution is 2.30. The van der Waals surface area contributed by atoms with Gasteiger partial charge in [-0.05, 0) is 13.3 Å². The molecule has 0 aromatic heterocycles. The SMILES string of the molecule is [CH2]Cc1cccc([N+](=O)[O-])c1[N+](=O)[O-]. The van der Waals surface area contributed by atoms with E-state index in [0.29, 0.717) is 0 Å². The van der Waals surface area contributed by atoms with Gasteiger partial charge in [-0.15, -0.1) is 0 Å². The second-order valence-corrected chi connectivity index (χ2v) is 2.55. The second-order valence-electron chi connectivity index (χ2n) is 2.55. The summed E-state index contributed by atoms with van der Waals surface area (Å²) in [6.07, 6.45) is 0.151. The maximum atomic E-state index is 10.6. The Balaban J connectivity index is 3.43. The molecular formula is C8H7N2O4. The third kappa shape index (κ3) is 1.68. The molecule has 0 unspecified atom stereocenters. The lowest BCUT2D eigenvalue weighted by molar-refractivity contribution is -0.422. The average Bonchev–Trinajstić information content (AvgIpc) is 2.16. The minimum Gasteiger partial charge on any atom is -0.258 e. The third-order valence-corrected chi connectivity index (χ3v) is 1.75. The van der Waals surface area contributed by atoms with Crippen LogP contribution in [-0.4, -0.2) is 9.85 Å². The zero-order valence-electron chi connectivity index (χ0n) is 7.17. The lowest BCUT2D eigenvalue weighted by atomic mass is 10.1. The Bertz CT molecular complexity index is 389. The Labute approximate surface area is 79.5 Å². The van der Waals surface area contributed by atoms with E-state index in [1.807, 2.05) is 0 Å². The fourth-order valence-corrected chi connectivity index (χ4v) is 1.14. The summed E-state index contributed by atoms with van der Waals surface area (Å²) in [7, 11) is 0. The van der Waals surface area contributed by atoms with Crippen LogP contribution in [0.1, 0.15) is 5.56 Å². The first kappa shape index (κ1) is 10.1. The van der Waals surface area contributed by atoms with E-state index in [1.54, 1.807) is 0 Å². The van der Waals surface area contributed by atoms with Gasteiger partial charge in [0.05, 0.1) is 9.85 Å². The highest BCUT2D eigenvalue weighted by molar-refractivity contribution is 5.57. The lowest BCUT2D eigenvalue weighted by Gasteiger charge is -1.99. The molecule has 1 aromatic rings. The summed E-state index contributed by atoms with van der Waals surface area (Å²) in [5, 5.41) is 21.1. The summed E-state index contributed by atoms with van der Waals surface area (Å²) in [5.74, 6) is 0. The molecule has 1 rings (SSSR count). The summed E-state index contributed by atoms with van der Waals surface area (Å²) < 4.78 is 0. The van der Waals surface area contributed by atoms with Gasteiger partial charge >= 0.3 is 11.4 Å². The van der Waals surface area contributed by atoms with Crippen molar-refractivity contribution in [2.45, 2.75) is 6.42 Å². The largest absolute Gasteiger partial charge is 0.349 e. The van der Waals surface area contributed by atoms with E-state index in [2.05, 4.69) is 6.92 Å². The standard InChI is InChI=1S/C8H7N2O4/c1-2-6-4-3-5-7(9(11)12)8(6)10(13)14/h3-5H,1-2H2. The average molecular weight is 195 g/mol. The highest BCUT2D eigenvalue weighted by Gasteiger charge is 2.26. The molecule has 0 aliphatic rings. The molecule has 0 spiro atoms. The summed E-state index contributed by atoms with van der Waals surface area (Å²) in [5.41, 5.74) is -0.687. The van der Waals surface area contributed by atoms with E-state index in [0.717, 1.165) is 6.07 Å². The van der Waals surface area contributed by atoms with Gasteiger partial charge in [-0.3, -0.25) is 20.2 Å². The minimum absolute atomic E-state index is 0.151. The van der Waals surface area contributed by atoms with Crippen molar-refractivity contribution in [3.63, 3.8) is 0 Å². The zero-order valence-corrected chi connectivity index (χ0v) is 7.17. The molecule has 6 heteroatoms. The summed E-state index contributed by atoms with van der Waals surface area (Å²) >= 11 is 0. The van der Waals surface area contributed by atoms with Gasteiger partial charge < -0.3 is 0 Å². The molecule has 73 valence electrons. The molecule has 0 saturated carbocycles. The Morgan fingerprint density at radius 2 is 1.86 bits per heavy atom. The van der Waals surface area contributed by atoms with Crippen LogP contribution in [0.5, 0.6) is 0 Å². The number of nitro benzene ring substituents is 2. The smallest absolute Gasteiger partial charge is 0.258 e. The fourth-order valence-electron chi connectivity index (χ4n) is 1.14. The number of benzene rings is 1. The molecule has 0 aliphatic heterocycles. The minimum atomic E-state index is -0.767. The van der Waals surface area contributed by atoms with Crippen molar-refractivity contribution in [2.75, 3.05) is 0 Å². The molecule has 14 heavy (non-hydrogen) atoms. The van der Waals surface area contributed by atoms with Gasteiger partial charge in [0.25, 0.3) is 0 Å². The molecule has 1 aromatic carbocycles. The van der Waals surface area contributed by atoms with E-state index in [-0.39, 0.29) is 12.0 Å². The van der Waals surface area contributed by atoms with E-state index < -0.39 is 21.2 Å². The highest BCUT2D eigenvalue weighted by atomic mass is 16.6. The molecular weight excluding hydrogens is 188 g/mol. The van der Waals surface area contributed by atoms with Crippen molar-refractivity contribution in [1.29, 1.82) is 0 Å². The van der Waals surface area contributed by atoms with Gasteiger partial charge in [-0.25, -0.2) is 0 Å². The Morgan fingerprint density at radius 1 is 1.21 bits per heavy atom. The number of hydrogen-bond acceptors (Lipinski definition) is 4. The van der Waals surface area contributed by atoms with Gasteiger partial charge in [0.1, 0.15) is 0 Å². The summed E-state index contributed by atoms with van der Waals surface area (Å²) in [4.78, 5) is 19.5. The van der Waals surface area contributed by atoms with Crippen molar-refractivity contribution in [3.05, 3.63) is 50.9 Å². The van der Waals surface area contributed by atoms with Gasteiger partial charge in [0.15, 0.2) is 0 Å². The molecule has 0 heterocycles. The van der Waals surface area contributed by atoms with E-state index in [9.17, 15) is 20.2 Å². The Kier molecular flexibility index (Phi) is 2.76. The zero-order chi connectivity index (χ0) is 10.7. The maximum absolute atomic E-state index is 10.6. The third-order valence-electron chi connectivity index (χ3n) is 1.75. The molecule has 1 radical (unpaired) electrons. The molecule has 0 bridgehead atoms. The van der Waals surface area contributed by atoms with Crippen LogP contribution in [0.4, 0.5) is 11.4 Å². The first-order chi connectivity index (χ1) is 6.57. The van der Waals surface area contributed by atoms with Crippen molar-refractivity contribution < 1.29 is 9.85 Å². The van der Waals surface area contributed by atoms with Gasteiger partial charge in [-0.1, -0.05) is 12.1 Å². The van der Waals surface area contributed by atoms with Crippen LogP contribution in [0.3, 0.4) is 0 Å². The van der Waals surface area contributed by atoms with E-state index in [4.69, 9.17) is 0 Å². The monoisotopic (exact) mass is 195 g/mol. The number of hydrogen-bond donors (Lipinski definition) is 0. The molecule has 0 amide bonds. The van der Waals surface area contributed by atoms with Crippen LogP contribution in [0.25, 0.3) is 0 Å². The Hall–Kier alpha value is -1.98. The molecule has 0 saturated heterocycles.